The van der Waals surface area contributed by atoms with E-state index in [9.17, 15) is 4.39 Å². The van der Waals surface area contributed by atoms with Crippen LogP contribution in [0.1, 0.15) is 24.9 Å². The monoisotopic (exact) mass is 268 g/mol. The highest BCUT2D eigenvalue weighted by Crippen LogP contribution is 2.31. The molecule has 0 saturated carbocycles. The highest BCUT2D eigenvalue weighted by Gasteiger charge is 2.30. The second-order valence-corrected chi connectivity index (χ2v) is 6.16. The van der Waals surface area contributed by atoms with Crippen LogP contribution in [0.2, 0.25) is 0 Å². The predicted molar refractivity (Wildman–Crippen MR) is 76.3 cm³/mol. The Kier molecular flexibility index (Phi) is 4.65. The lowest BCUT2D eigenvalue weighted by molar-refractivity contribution is 0.165. The summed E-state index contributed by atoms with van der Waals surface area (Å²) < 4.78 is 14.0. The molecular weight excluding hydrogens is 247 g/mol. The molecule has 2 rings (SSSR count). The molecule has 1 heterocycles. The van der Waals surface area contributed by atoms with E-state index in [2.05, 4.69) is 11.9 Å². The van der Waals surface area contributed by atoms with Crippen LogP contribution >= 0.6 is 11.8 Å². The fraction of sp³-hybridized carbons (Fsp3) is 0.571. The Hall–Kier alpha value is -0.580. The predicted octanol–water partition coefficient (Wildman–Crippen LogP) is 2.65. The van der Waals surface area contributed by atoms with Crippen LogP contribution in [-0.4, -0.2) is 35.5 Å². The molecule has 0 aromatic heterocycles. The lowest BCUT2D eigenvalue weighted by Crippen LogP contribution is -2.43. The number of nitrogens with zero attached hydrogens (tertiary/aromatic N) is 1. The first-order valence-electron chi connectivity index (χ1n) is 6.41. The van der Waals surface area contributed by atoms with Gasteiger partial charge in [-0.05, 0) is 32.2 Å². The van der Waals surface area contributed by atoms with E-state index in [4.69, 9.17) is 5.73 Å². The molecule has 0 aliphatic carbocycles. The number of benzene rings is 1. The maximum absolute atomic E-state index is 14.0. The van der Waals surface area contributed by atoms with Gasteiger partial charge < -0.3 is 5.73 Å². The summed E-state index contributed by atoms with van der Waals surface area (Å²) >= 11 is 1.96. The molecule has 1 aromatic rings. The Bertz CT molecular complexity index is 391. The fourth-order valence-corrected chi connectivity index (χ4v) is 3.94. The Balaban J connectivity index is 2.25. The molecule has 1 aromatic carbocycles. The van der Waals surface area contributed by atoms with Crippen LogP contribution in [-0.2, 0) is 0 Å². The smallest absolute Gasteiger partial charge is 0.128 e. The van der Waals surface area contributed by atoms with Gasteiger partial charge in [0.25, 0.3) is 0 Å². The standard InChI is InChI=1S/C14H21FN2S/c1-10(16)14(12-5-3-4-6-13(12)15)17(2)11-7-8-18-9-11/h3-6,10-11,14H,7-9,16H2,1-2H3. The zero-order chi connectivity index (χ0) is 13.1. The molecule has 1 saturated heterocycles. The zero-order valence-electron chi connectivity index (χ0n) is 11.0. The van der Waals surface area contributed by atoms with Gasteiger partial charge in [-0.2, -0.15) is 11.8 Å². The Morgan fingerprint density at radius 1 is 1.44 bits per heavy atom. The summed E-state index contributed by atoms with van der Waals surface area (Å²) in [6, 6.07) is 7.34. The van der Waals surface area contributed by atoms with E-state index in [1.165, 1.54) is 18.2 Å². The molecule has 2 N–H and O–H groups in total. The summed E-state index contributed by atoms with van der Waals surface area (Å²) in [5.74, 6) is 2.16. The molecule has 1 aliphatic rings. The Morgan fingerprint density at radius 3 is 2.72 bits per heavy atom. The molecule has 4 heteroatoms. The summed E-state index contributed by atoms with van der Waals surface area (Å²) in [5, 5.41) is 0. The lowest BCUT2D eigenvalue weighted by Gasteiger charge is -2.35. The zero-order valence-corrected chi connectivity index (χ0v) is 11.8. The molecule has 0 spiro atoms. The topological polar surface area (TPSA) is 29.3 Å². The van der Waals surface area contributed by atoms with Crippen LogP contribution in [0.4, 0.5) is 4.39 Å². The van der Waals surface area contributed by atoms with Gasteiger partial charge in [-0.25, -0.2) is 4.39 Å². The molecule has 0 bridgehead atoms. The van der Waals surface area contributed by atoms with E-state index in [0.29, 0.717) is 11.6 Å². The minimum atomic E-state index is -0.155. The van der Waals surface area contributed by atoms with Gasteiger partial charge in [-0.15, -0.1) is 0 Å². The first-order chi connectivity index (χ1) is 8.61. The van der Waals surface area contributed by atoms with Crippen molar-refractivity contribution in [3.05, 3.63) is 35.6 Å². The number of hydrogen-bond acceptors (Lipinski definition) is 3. The van der Waals surface area contributed by atoms with Crippen LogP contribution in [0.3, 0.4) is 0 Å². The highest BCUT2D eigenvalue weighted by molar-refractivity contribution is 7.99. The van der Waals surface area contributed by atoms with Crippen LogP contribution < -0.4 is 5.73 Å². The van der Waals surface area contributed by atoms with Gasteiger partial charge in [0.05, 0.1) is 6.04 Å². The third-order valence-electron chi connectivity index (χ3n) is 3.64. The molecular formula is C14H21FN2S. The van der Waals surface area contributed by atoms with E-state index >= 15 is 0 Å². The summed E-state index contributed by atoms with van der Waals surface area (Å²) in [7, 11) is 2.07. The summed E-state index contributed by atoms with van der Waals surface area (Å²) in [4.78, 5) is 2.25. The van der Waals surface area contributed by atoms with Crippen LogP contribution in [0.15, 0.2) is 24.3 Å². The van der Waals surface area contributed by atoms with Crippen molar-refractivity contribution in [1.82, 2.24) is 4.90 Å². The minimum absolute atomic E-state index is 0.0464. The normalized spacial score (nSPS) is 23.3. The molecule has 2 nitrogen and oxygen atoms in total. The summed E-state index contributed by atoms with van der Waals surface area (Å²) in [5.41, 5.74) is 6.81. The van der Waals surface area contributed by atoms with E-state index in [0.717, 1.165) is 5.75 Å². The number of nitrogens with two attached hydrogens (primary N) is 1. The van der Waals surface area contributed by atoms with Crippen LogP contribution in [0.5, 0.6) is 0 Å². The van der Waals surface area contributed by atoms with E-state index in [1.54, 1.807) is 6.07 Å². The van der Waals surface area contributed by atoms with Gasteiger partial charge in [-0.3, -0.25) is 4.90 Å². The van der Waals surface area contributed by atoms with Gasteiger partial charge in [0.15, 0.2) is 0 Å². The number of halogens is 1. The first-order valence-corrected chi connectivity index (χ1v) is 7.56. The van der Waals surface area contributed by atoms with E-state index in [-0.39, 0.29) is 17.9 Å². The Morgan fingerprint density at radius 2 is 2.17 bits per heavy atom. The van der Waals surface area contributed by atoms with Crippen molar-refractivity contribution in [1.29, 1.82) is 0 Å². The maximum atomic E-state index is 14.0. The van der Waals surface area contributed by atoms with Gasteiger partial charge in [-0.1, -0.05) is 18.2 Å². The molecule has 1 aliphatic heterocycles. The number of likely N-dealkylation sites (N-methyl/N-ethyl adjacent to an activating group) is 1. The average molecular weight is 268 g/mol. The molecule has 0 amide bonds. The van der Waals surface area contributed by atoms with Crippen molar-refractivity contribution >= 4 is 11.8 Å². The van der Waals surface area contributed by atoms with Crippen molar-refractivity contribution in [2.45, 2.75) is 31.5 Å². The van der Waals surface area contributed by atoms with Gasteiger partial charge >= 0.3 is 0 Å². The second-order valence-electron chi connectivity index (χ2n) is 5.01. The third kappa shape index (κ3) is 2.87. The molecule has 3 unspecified atom stereocenters. The average Bonchev–Trinajstić information content (AvgIpc) is 2.85. The van der Waals surface area contributed by atoms with Gasteiger partial charge in [0, 0.05) is 23.4 Å². The SMILES string of the molecule is CC(N)C(c1ccccc1F)N(C)C1CCSC1. The fourth-order valence-electron chi connectivity index (χ4n) is 2.66. The van der Waals surface area contributed by atoms with Gasteiger partial charge in [0.2, 0.25) is 0 Å². The van der Waals surface area contributed by atoms with Crippen molar-refractivity contribution < 1.29 is 4.39 Å². The van der Waals surface area contributed by atoms with Gasteiger partial charge in [0.1, 0.15) is 5.82 Å². The largest absolute Gasteiger partial charge is 0.326 e. The summed E-state index contributed by atoms with van der Waals surface area (Å²) in [6.07, 6.45) is 1.17. The third-order valence-corrected chi connectivity index (χ3v) is 4.79. The van der Waals surface area contributed by atoms with Crippen molar-refractivity contribution in [3.8, 4) is 0 Å². The molecule has 18 heavy (non-hydrogen) atoms. The number of rotatable bonds is 4. The molecule has 1 fully saturated rings. The van der Waals surface area contributed by atoms with E-state index in [1.807, 2.05) is 30.8 Å². The highest BCUT2D eigenvalue weighted by atomic mass is 32.2. The van der Waals surface area contributed by atoms with Crippen molar-refractivity contribution in [3.63, 3.8) is 0 Å². The van der Waals surface area contributed by atoms with Crippen molar-refractivity contribution in [2.24, 2.45) is 5.73 Å². The first kappa shape index (κ1) is 13.8. The Labute approximate surface area is 113 Å². The molecule has 3 atom stereocenters. The number of hydrogen-bond donors (Lipinski definition) is 1. The van der Waals surface area contributed by atoms with Crippen LogP contribution in [0, 0.1) is 5.82 Å². The van der Waals surface area contributed by atoms with Crippen LogP contribution in [0.25, 0.3) is 0 Å². The lowest BCUT2D eigenvalue weighted by atomic mass is 9.97. The quantitative estimate of drug-likeness (QED) is 0.910. The second kappa shape index (κ2) is 6.04. The molecule has 0 radical (unpaired) electrons. The summed E-state index contributed by atoms with van der Waals surface area (Å²) in [6.45, 7) is 1.95. The van der Waals surface area contributed by atoms with E-state index < -0.39 is 0 Å². The molecule has 100 valence electrons. The maximum Gasteiger partial charge on any atom is 0.128 e. The minimum Gasteiger partial charge on any atom is -0.326 e. The van der Waals surface area contributed by atoms with Crippen molar-refractivity contribution in [2.75, 3.05) is 18.6 Å². The number of thioether (sulfide) groups is 1.